The minimum Gasteiger partial charge on any atom is -0.321 e. The molecule has 2 N–H and O–H groups in total. The van der Waals surface area contributed by atoms with Crippen molar-refractivity contribution in [2.24, 2.45) is 0 Å². The van der Waals surface area contributed by atoms with Crippen LogP contribution in [-0.4, -0.2) is 9.79 Å². The third kappa shape index (κ3) is 2.68. The van der Waals surface area contributed by atoms with Crippen molar-refractivity contribution in [2.75, 3.05) is 0 Å². The molecule has 0 heterocycles. The molecule has 0 bridgehead atoms. The predicted octanol–water partition coefficient (Wildman–Crippen LogP) is 1.75. The molecule has 4 heteroatoms. The van der Waals surface area contributed by atoms with Gasteiger partial charge in [0.25, 0.3) is 0 Å². The van der Waals surface area contributed by atoms with Crippen molar-refractivity contribution in [3.05, 3.63) is 29.3 Å². The Bertz CT molecular complexity index is 368. The monoisotopic (exact) mass is 214 g/mol. The van der Waals surface area contributed by atoms with Gasteiger partial charge in [-0.15, -0.1) is 0 Å². The molecule has 0 aliphatic rings. The number of aryl methyl sites for hydroxylation is 2. The SMILES string of the molecule is CCCc1ccc(C)cc1P(=O)(O)O. The Morgan fingerprint density at radius 1 is 1.36 bits per heavy atom. The first kappa shape index (κ1) is 11.4. The molecule has 1 aromatic carbocycles. The van der Waals surface area contributed by atoms with Crippen LogP contribution in [0.2, 0.25) is 0 Å². The molecule has 3 nitrogen and oxygen atoms in total. The summed E-state index contributed by atoms with van der Waals surface area (Å²) in [5.41, 5.74) is 1.63. The maximum Gasteiger partial charge on any atom is 0.356 e. The summed E-state index contributed by atoms with van der Waals surface area (Å²) in [5, 5.41) is 0.180. The lowest BCUT2D eigenvalue weighted by Crippen LogP contribution is -2.11. The Kier molecular flexibility index (Phi) is 3.48. The molecule has 0 aliphatic heterocycles. The molecule has 0 saturated carbocycles. The third-order valence-electron chi connectivity index (χ3n) is 2.07. The molecule has 0 unspecified atom stereocenters. The summed E-state index contributed by atoms with van der Waals surface area (Å²) in [6.07, 6.45) is 1.59. The topological polar surface area (TPSA) is 57.5 Å². The van der Waals surface area contributed by atoms with Gasteiger partial charge in [-0.25, -0.2) is 0 Å². The van der Waals surface area contributed by atoms with Gasteiger partial charge in [0, 0.05) is 0 Å². The molecule has 0 aromatic heterocycles. The van der Waals surface area contributed by atoms with Crippen LogP contribution < -0.4 is 5.30 Å². The van der Waals surface area contributed by atoms with Crippen molar-refractivity contribution < 1.29 is 14.4 Å². The average Bonchev–Trinajstić information content (AvgIpc) is 2.07. The summed E-state index contributed by atoms with van der Waals surface area (Å²) in [6.45, 7) is 3.82. The zero-order valence-corrected chi connectivity index (χ0v) is 9.29. The quantitative estimate of drug-likeness (QED) is 0.753. The van der Waals surface area contributed by atoms with Crippen molar-refractivity contribution in [3.63, 3.8) is 0 Å². The fourth-order valence-corrected chi connectivity index (χ4v) is 2.36. The zero-order chi connectivity index (χ0) is 10.8. The molecule has 0 fully saturated rings. The molecular weight excluding hydrogens is 199 g/mol. The number of hydrogen-bond donors (Lipinski definition) is 2. The van der Waals surface area contributed by atoms with Gasteiger partial charge in [0.05, 0.1) is 5.30 Å². The van der Waals surface area contributed by atoms with Gasteiger partial charge >= 0.3 is 7.60 Å². The molecule has 1 aromatic rings. The Balaban J connectivity index is 3.23. The lowest BCUT2D eigenvalue weighted by Gasteiger charge is -2.10. The summed E-state index contributed by atoms with van der Waals surface area (Å²) >= 11 is 0. The minimum absolute atomic E-state index is 0.180. The predicted molar refractivity (Wildman–Crippen MR) is 56.9 cm³/mol. The summed E-state index contributed by atoms with van der Waals surface area (Å²) in [4.78, 5) is 18.3. The van der Waals surface area contributed by atoms with E-state index in [2.05, 4.69) is 0 Å². The molecule has 0 atom stereocenters. The fourth-order valence-electron chi connectivity index (χ4n) is 1.43. The second-order valence-electron chi connectivity index (χ2n) is 3.43. The van der Waals surface area contributed by atoms with Gasteiger partial charge in [-0.1, -0.05) is 31.0 Å². The molecule has 0 aliphatic carbocycles. The van der Waals surface area contributed by atoms with E-state index in [0.29, 0.717) is 6.42 Å². The Morgan fingerprint density at radius 2 is 2.00 bits per heavy atom. The van der Waals surface area contributed by atoms with E-state index in [0.717, 1.165) is 17.5 Å². The zero-order valence-electron chi connectivity index (χ0n) is 8.40. The van der Waals surface area contributed by atoms with Crippen molar-refractivity contribution >= 4 is 12.9 Å². The minimum atomic E-state index is -4.11. The Hall–Kier alpha value is -0.630. The largest absolute Gasteiger partial charge is 0.356 e. The summed E-state index contributed by atoms with van der Waals surface area (Å²) in [6, 6.07) is 5.25. The molecule has 1 rings (SSSR count). The molecule has 0 spiro atoms. The van der Waals surface area contributed by atoms with E-state index in [1.807, 2.05) is 19.9 Å². The van der Waals surface area contributed by atoms with E-state index in [9.17, 15) is 4.57 Å². The van der Waals surface area contributed by atoms with Gasteiger partial charge in [0.15, 0.2) is 0 Å². The van der Waals surface area contributed by atoms with E-state index in [1.54, 1.807) is 12.1 Å². The van der Waals surface area contributed by atoms with E-state index in [-0.39, 0.29) is 5.30 Å². The fraction of sp³-hybridized carbons (Fsp3) is 0.400. The number of hydrogen-bond acceptors (Lipinski definition) is 1. The number of rotatable bonds is 3. The Morgan fingerprint density at radius 3 is 2.50 bits per heavy atom. The van der Waals surface area contributed by atoms with Gasteiger partial charge in [-0.05, 0) is 25.0 Å². The highest BCUT2D eigenvalue weighted by Gasteiger charge is 2.20. The normalized spacial score (nSPS) is 11.7. The van der Waals surface area contributed by atoms with E-state index >= 15 is 0 Å². The average molecular weight is 214 g/mol. The van der Waals surface area contributed by atoms with Crippen LogP contribution in [0, 0.1) is 6.92 Å². The second kappa shape index (κ2) is 4.26. The maximum atomic E-state index is 11.2. The van der Waals surface area contributed by atoms with Crippen LogP contribution in [0.25, 0.3) is 0 Å². The van der Waals surface area contributed by atoms with E-state index < -0.39 is 7.60 Å². The smallest absolute Gasteiger partial charge is 0.321 e. The highest BCUT2D eigenvalue weighted by molar-refractivity contribution is 7.60. The Labute approximate surface area is 83.9 Å². The highest BCUT2D eigenvalue weighted by Crippen LogP contribution is 2.35. The molecule has 0 saturated heterocycles. The third-order valence-corrected chi connectivity index (χ3v) is 3.12. The lowest BCUT2D eigenvalue weighted by molar-refractivity contribution is 0.387. The van der Waals surface area contributed by atoms with Crippen molar-refractivity contribution in [2.45, 2.75) is 26.7 Å². The van der Waals surface area contributed by atoms with Crippen molar-refractivity contribution in [1.82, 2.24) is 0 Å². The highest BCUT2D eigenvalue weighted by atomic mass is 31.2. The number of benzene rings is 1. The van der Waals surface area contributed by atoms with Gasteiger partial charge in [-0.3, -0.25) is 4.57 Å². The second-order valence-corrected chi connectivity index (χ2v) is 5.00. The maximum absolute atomic E-state index is 11.2. The van der Waals surface area contributed by atoms with Gasteiger partial charge in [-0.2, -0.15) is 0 Å². The summed E-state index contributed by atoms with van der Waals surface area (Å²) < 4.78 is 11.2. The van der Waals surface area contributed by atoms with Crippen molar-refractivity contribution in [1.29, 1.82) is 0 Å². The standard InChI is InChI=1S/C10H15O3P/c1-3-4-9-6-5-8(2)7-10(9)14(11,12)13/h5-7H,3-4H2,1-2H3,(H2,11,12,13). The van der Waals surface area contributed by atoms with Crippen molar-refractivity contribution in [3.8, 4) is 0 Å². The van der Waals surface area contributed by atoms with Crippen LogP contribution >= 0.6 is 7.60 Å². The van der Waals surface area contributed by atoms with E-state index in [1.165, 1.54) is 0 Å². The van der Waals surface area contributed by atoms with Crippen LogP contribution in [0.1, 0.15) is 24.5 Å². The van der Waals surface area contributed by atoms with Crippen LogP contribution in [0.15, 0.2) is 18.2 Å². The lowest BCUT2D eigenvalue weighted by atomic mass is 10.1. The first-order valence-electron chi connectivity index (χ1n) is 4.60. The van der Waals surface area contributed by atoms with Gasteiger partial charge < -0.3 is 9.79 Å². The molecule has 0 radical (unpaired) electrons. The summed E-state index contributed by atoms with van der Waals surface area (Å²) in [5.74, 6) is 0. The molecule has 14 heavy (non-hydrogen) atoms. The van der Waals surface area contributed by atoms with Crippen LogP contribution in [0.5, 0.6) is 0 Å². The van der Waals surface area contributed by atoms with Crippen LogP contribution in [0.4, 0.5) is 0 Å². The van der Waals surface area contributed by atoms with Crippen LogP contribution in [-0.2, 0) is 11.0 Å². The molecule has 78 valence electrons. The first-order chi connectivity index (χ1) is 6.45. The summed E-state index contributed by atoms with van der Waals surface area (Å²) in [7, 11) is -4.11. The molecular formula is C10H15O3P. The van der Waals surface area contributed by atoms with Gasteiger partial charge in [0.1, 0.15) is 0 Å². The van der Waals surface area contributed by atoms with Gasteiger partial charge in [0.2, 0.25) is 0 Å². The first-order valence-corrected chi connectivity index (χ1v) is 6.22. The molecule has 0 amide bonds. The van der Waals surface area contributed by atoms with E-state index in [4.69, 9.17) is 9.79 Å². The van der Waals surface area contributed by atoms with Crippen LogP contribution in [0.3, 0.4) is 0 Å².